The fourth-order valence-corrected chi connectivity index (χ4v) is 3.46. The van der Waals surface area contributed by atoms with Crippen molar-refractivity contribution in [2.24, 2.45) is 5.92 Å². The zero-order chi connectivity index (χ0) is 16.8. The molecule has 3 nitrogen and oxygen atoms in total. The number of hydrogen-bond acceptors (Lipinski definition) is 3. The number of aromatic nitrogens is 1. The van der Waals surface area contributed by atoms with Gasteiger partial charge in [0.05, 0.1) is 0 Å². The molecule has 1 aromatic heterocycles. The third kappa shape index (κ3) is 4.57. The van der Waals surface area contributed by atoms with Crippen molar-refractivity contribution in [2.75, 3.05) is 13.1 Å². The average Bonchev–Trinajstić information content (AvgIpc) is 2.61. The summed E-state index contributed by atoms with van der Waals surface area (Å²) in [5, 5.41) is 0. The molecule has 3 rings (SSSR count). The fourth-order valence-electron chi connectivity index (χ4n) is 3.46. The Morgan fingerprint density at radius 3 is 2.67 bits per heavy atom. The van der Waals surface area contributed by atoms with Crippen molar-refractivity contribution in [1.82, 2.24) is 9.88 Å². The minimum atomic E-state index is 0.511. The summed E-state index contributed by atoms with van der Waals surface area (Å²) in [6.07, 6.45) is 5.86. The molecular weight excluding hydrogens is 296 g/mol. The van der Waals surface area contributed by atoms with E-state index in [-0.39, 0.29) is 0 Å². The van der Waals surface area contributed by atoms with Crippen LogP contribution >= 0.6 is 0 Å². The number of nitrogens with zero attached hydrogens (tertiary/aromatic N) is 2. The summed E-state index contributed by atoms with van der Waals surface area (Å²) >= 11 is 0. The van der Waals surface area contributed by atoms with E-state index in [1.165, 1.54) is 36.9 Å². The first-order valence-electron chi connectivity index (χ1n) is 9.09. The van der Waals surface area contributed by atoms with Crippen LogP contribution in [0.3, 0.4) is 0 Å². The van der Waals surface area contributed by atoms with Gasteiger partial charge in [-0.15, -0.1) is 0 Å². The van der Waals surface area contributed by atoms with Crippen LogP contribution in [0.2, 0.25) is 0 Å². The van der Waals surface area contributed by atoms with Crippen molar-refractivity contribution in [3.63, 3.8) is 0 Å². The van der Waals surface area contributed by atoms with Crippen LogP contribution in [0.25, 0.3) is 0 Å². The van der Waals surface area contributed by atoms with E-state index in [0.717, 1.165) is 6.54 Å². The molecule has 0 amide bonds. The standard InChI is InChI=1S/C21H28N2O/c1-17(2)15-23-13-7-6-10-20(23)19-11-12-21(22-14-19)24-16-18-8-4-3-5-9-18/h3-5,8-9,11-12,14,17,20H,6-7,10,13,15-16H2,1-2H3/t20-/m1/s1. The molecular formula is C21H28N2O. The van der Waals surface area contributed by atoms with Gasteiger partial charge in [0.2, 0.25) is 5.88 Å². The van der Waals surface area contributed by atoms with E-state index in [4.69, 9.17) is 4.74 Å². The van der Waals surface area contributed by atoms with Crippen LogP contribution in [0.4, 0.5) is 0 Å². The van der Waals surface area contributed by atoms with Crippen LogP contribution in [-0.2, 0) is 6.61 Å². The van der Waals surface area contributed by atoms with Crippen molar-refractivity contribution >= 4 is 0 Å². The molecule has 0 aliphatic carbocycles. The van der Waals surface area contributed by atoms with E-state index in [2.05, 4.69) is 41.9 Å². The van der Waals surface area contributed by atoms with Gasteiger partial charge in [-0.3, -0.25) is 4.90 Å². The van der Waals surface area contributed by atoms with Gasteiger partial charge >= 0.3 is 0 Å². The van der Waals surface area contributed by atoms with Gasteiger partial charge in [-0.05, 0) is 36.4 Å². The van der Waals surface area contributed by atoms with Gasteiger partial charge in [-0.25, -0.2) is 4.98 Å². The summed E-state index contributed by atoms with van der Waals surface area (Å²) in [6, 6.07) is 14.9. The molecule has 1 fully saturated rings. The van der Waals surface area contributed by atoms with E-state index in [0.29, 0.717) is 24.4 Å². The van der Waals surface area contributed by atoms with Crippen LogP contribution in [0.5, 0.6) is 5.88 Å². The molecule has 1 aliphatic heterocycles. The third-order valence-electron chi connectivity index (χ3n) is 4.59. The molecule has 0 N–H and O–H groups in total. The van der Waals surface area contributed by atoms with E-state index in [1.807, 2.05) is 30.5 Å². The Bertz CT molecular complexity index is 609. The first-order chi connectivity index (χ1) is 11.7. The summed E-state index contributed by atoms with van der Waals surface area (Å²) in [6.45, 7) is 7.52. The average molecular weight is 324 g/mol. The second kappa shape index (κ2) is 8.29. The topological polar surface area (TPSA) is 25.4 Å². The Labute approximate surface area is 145 Å². The van der Waals surface area contributed by atoms with Crippen molar-refractivity contribution < 1.29 is 4.74 Å². The van der Waals surface area contributed by atoms with Crippen molar-refractivity contribution in [3.8, 4) is 5.88 Å². The minimum Gasteiger partial charge on any atom is -0.473 e. The van der Waals surface area contributed by atoms with Crippen LogP contribution in [0.15, 0.2) is 48.7 Å². The smallest absolute Gasteiger partial charge is 0.213 e. The van der Waals surface area contributed by atoms with Crippen LogP contribution in [-0.4, -0.2) is 23.0 Å². The maximum Gasteiger partial charge on any atom is 0.213 e. The summed E-state index contributed by atoms with van der Waals surface area (Å²) in [7, 11) is 0. The SMILES string of the molecule is CC(C)CN1CCCC[C@@H]1c1ccc(OCc2ccccc2)nc1. The lowest BCUT2D eigenvalue weighted by atomic mass is 9.95. The van der Waals surface area contributed by atoms with Crippen LogP contribution in [0, 0.1) is 5.92 Å². The predicted molar refractivity (Wildman–Crippen MR) is 98.0 cm³/mol. The number of rotatable bonds is 6. The highest BCUT2D eigenvalue weighted by Gasteiger charge is 2.24. The maximum absolute atomic E-state index is 5.80. The van der Waals surface area contributed by atoms with Gasteiger partial charge in [0.1, 0.15) is 6.61 Å². The Hall–Kier alpha value is -1.87. The zero-order valence-electron chi connectivity index (χ0n) is 14.8. The Kier molecular flexibility index (Phi) is 5.86. The fraction of sp³-hybridized carbons (Fsp3) is 0.476. The lowest BCUT2D eigenvalue weighted by Crippen LogP contribution is -2.36. The van der Waals surface area contributed by atoms with Crippen molar-refractivity contribution in [3.05, 3.63) is 59.8 Å². The minimum absolute atomic E-state index is 0.511. The number of piperidine rings is 1. The van der Waals surface area contributed by atoms with Crippen molar-refractivity contribution in [2.45, 2.75) is 45.8 Å². The predicted octanol–water partition coefficient (Wildman–Crippen LogP) is 4.84. The Morgan fingerprint density at radius 2 is 1.96 bits per heavy atom. The molecule has 0 radical (unpaired) electrons. The largest absolute Gasteiger partial charge is 0.473 e. The van der Waals surface area contributed by atoms with Gasteiger partial charge < -0.3 is 4.74 Å². The highest BCUT2D eigenvalue weighted by atomic mass is 16.5. The number of benzene rings is 1. The highest BCUT2D eigenvalue weighted by Crippen LogP contribution is 2.31. The molecule has 24 heavy (non-hydrogen) atoms. The monoisotopic (exact) mass is 324 g/mol. The number of likely N-dealkylation sites (tertiary alicyclic amines) is 1. The molecule has 0 unspecified atom stereocenters. The third-order valence-corrected chi connectivity index (χ3v) is 4.59. The first-order valence-corrected chi connectivity index (χ1v) is 9.09. The highest BCUT2D eigenvalue weighted by molar-refractivity contribution is 5.22. The second-order valence-electron chi connectivity index (χ2n) is 7.10. The molecule has 0 bridgehead atoms. The molecule has 3 heteroatoms. The van der Waals surface area contributed by atoms with E-state index in [1.54, 1.807) is 0 Å². The summed E-state index contributed by atoms with van der Waals surface area (Å²) in [4.78, 5) is 7.15. The van der Waals surface area contributed by atoms with Gasteiger partial charge in [-0.1, -0.05) is 56.7 Å². The molecule has 0 spiro atoms. The molecule has 0 saturated carbocycles. The second-order valence-corrected chi connectivity index (χ2v) is 7.10. The summed E-state index contributed by atoms with van der Waals surface area (Å²) in [5.74, 6) is 1.40. The quantitative estimate of drug-likeness (QED) is 0.760. The van der Waals surface area contributed by atoms with Gasteiger partial charge in [0.25, 0.3) is 0 Å². The molecule has 128 valence electrons. The van der Waals surface area contributed by atoms with E-state index < -0.39 is 0 Å². The number of hydrogen-bond donors (Lipinski definition) is 0. The summed E-state index contributed by atoms with van der Waals surface area (Å²) < 4.78 is 5.80. The van der Waals surface area contributed by atoms with Gasteiger partial charge in [0.15, 0.2) is 0 Å². The maximum atomic E-state index is 5.80. The van der Waals surface area contributed by atoms with E-state index >= 15 is 0 Å². The first kappa shape index (κ1) is 17.0. The lowest BCUT2D eigenvalue weighted by Gasteiger charge is -2.37. The molecule has 1 aliphatic rings. The van der Waals surface area contributed by atoms with Crippen LogP contribution < -0.4 is 4.74 Å². The number of pyridine rings is 1. The lowest BCUT2D eigenvalue weighted by molar-refractivity contribution is 0.132. The van der Waals surface area contributed by atoms with Gasteiger partial charge in [-0.2, -0.15) is 0 Å². The Morgan fingerprint density at radius 1 is 1.12 bits per heavy atom. The molecule has 2 aromatic rings. The normalized spacial score (nSPS) is 18.7. The molecule has 2 heterocycles. The molecule has 1 aromatic carbocycles. The van der Waals surface area contributed by atoms with Crippen molar-refractivity contribution in [1.29, 1.82) is 0 Å². The van der Waals surface area contributed by atoms with E-state index in [9.17, 15) is 0 Å². The Balaban J connectivity index is 1.62. The number of ether oxygens (including phenoxy) is 1. The molecule has 1 saturated heterocycles. The zero-order valence-corrected chi connectivity index (χ0v) is 14.8. The molecule has 1 atom stereocenters. The van der Waals surface area contributed by atoms with Crippen LogP contribution in [0.1, 0.15) is 50.3 Å². The summed E-state index contributed by atoms with van der Waals surface area (Å²) in [5.41, 5.74) is 2.49. The van der Waals surface area contributed by atoms with Gasteiger partial charge in [0, 0.05) is 24.8 Å².